The lowest BCUT2D eigenvalue weighted by Gasteiger charge is -2.20. The number of esters is 1. The van der Waals surface area contributed by atoms with E-state index in [9.17, 15) is 9.59 Å². The van der Waals surface area contributed by atoms with Gasteiger partial charge in [0, 0.05) is 5.56 Å². The van der Waals surface area contributed by atoms with Crippen LogP contribution >= 0.6 is 0 Å². The molecule has 0 aliphatic rings. The first-order chi connectivity index (χ1) is 11.7. The van der Waals surface area contributed by atoms with E-state index in [1.165, 1.54) is 7.11 Å². The summed E-state index contributed by atoms with van der Waals surface area (Å²) in [5.41, 5.74) is 0.381. The van der Waals surface area contributed by atoms with Gasteiger partial charge in [0.1, 0.15) is 11.6 Å². The molecule has 0 aliphatic heterocycles. The standard InChI is InChI=1S/C17H21N3O5/c1-10(18-16(22)24-17(2,3)4)14-19-13(20-25-14)11-7-6-8-12(9-11)15(21)23-5/h6-10H,1-5H3,(H,18,22). The average Bonchev–Trinajstić information content (AvgIpc) is 3.02. The zero-order chi connectivity index (χ0) is 18.6. The normalized spacial score (nSPS) is 12.4. The lowest BCUT2D eigenvalue weighted by Crippen LogP contribution is -2.34. The molecule has 8 heteroatoms. The van der Waals surface area contributed by atoms with Crippen molar-refractivity contribution in [1.29, 1.82) is 0 Å². The van der Waals surface area contributed by atoms with Crippen LogP contribution in [0, 0.1) is 0 Å². The van der Waals surface area contributed by atoms with Crippen molar-refractivity contribution in [3.05, 3.63) is 35.7 Å². The van der Waals surface area contributed by atoms with Gasteiger partial charge in [-0.3, -0.25) is 0 Å². The zero-order valence-electron chi connectivity index (χ0n) is 14.8. The first-order valence-corrected chi connectivity index (χ1v) is 7.71. The highest BCUT2D eigenvalue weighted by Crippen LogP contribution is 2.20. The van der Waals surface area contributed by atoms with Gasteiger partial charge in [0.25, 0.3) is 0 Å². The van der Waals surface area contributed by atoms with E-state index in [0.29, 0.717) is 17.0 Å². The summed E-state index contributed by atoms with van der Waals surface area (Å²) in [6.45, 7) is 7.02. The molecule has 1 unspecified atom stereocenters. The van der Waals surface area contributed by atoms with Gasteiger partial charge in [-0.25, -0.2) is 9.59 Å². The van der Waals surface area contributed by atoms with Crippen molar-refractivity contribution < 1.29 is 23.6 Å². The summed E-state index contributed by atoms with van der Waals surface area (Å²) in [5, 5.41) is 6.51. The molecule has 0 aliphatic carbocycles. The van der Waals surface area contributed by atoms with E-state index in [1.807, 2.05) is 0 Å². The molecule has 25 heavy (non-hydrogen) atoms. The summed E-state index contributed by atoms with van der Waals surface area (Å²) in [6.07, 6.45) is -0.576. The van der Waals surface area contributed by atoms with E-state index in [0.717, 1.165) is 0 Å². The number of amides is 1. The molecule has 1 aromatic carbocycles. The third-order valence-electron chi connectivity index (χ3n) is 3.09. The number of nitrogens with zero attached hydrogens (tertiary/aromatic N) is 2. The largest absolute Gasteiger partial charge is 0.465 e. The van der Waals surface area contributed by atoms with Crippen LogP contribution in [0.3, 0.4) is 0 Å². The van der Waals surface area contributed by atoms with Gasteiger partial charge in [-0.05, 0) is 39.8 Å². The summed E-state index contributed by atoms with van der Waals surface area (Å²) < 4.78 is 15.1. The predicted molar refractivity (Wildman–Crippen MR) is 88.9 cm³/mol. The number of carbonyl (C=O) groups excluding carboxylic acids is 2. The third kappa shape index (κ3) is 5.03. The number of ether oxygens (including phenoxy) is 2. The minimum Gasteiger partial charge on any atom is -0.465 e. The lowest BCUT2D eigenvalue weighted by molar-refractivity contribution is 0.0498. The van der Waals surface area contributed by atoms with Crippen LogP contribution in [-0.4, -0.2) is 34.9 Å². The summed E-state index contributed by atoms with van der Waals surface area (Å²) in [6, 6.07) is 6.14. The molecule has 0 saturated carbocycles. The number of aromatic nitrogens is 2. The van der Waals surface area contributed by atoms with Gasteiger partial charge in [-0.1, -0.05) is 17.3 Å². The molecule has 1 aromatic heterocycles. The van der Waals surface area contributed by atoms with Crippen molar-refractivity contribution in [2.75, 3.05) is 7.11 Å². The number of alkyl carbamates (subject to hydrolysis) is 1. The van der Waals surface area contributed by atoms with Crippen LogP contribution in [0.1, 0.15) is 50.0 Å². The number of hydrogen-bond acceptors (Lipinski definition) is 7. The molecule has 2 rings (SSSR count). The molecular weight excluding hydrogens is 326 g/mol. The lowest BCUT2D eigenvalue weighted by atomic mass is 10.1. The van der Waals surface area contributed by atoms with Crippen LogP contribution < -0.4 is 5.32 Å². The Hall–Kier alpha value is -2.90. The molecule has 1 N–H and O–H groups in total. The highest BCUT2D eigenvalue weighted by Gasteiger charge is 2.22. The fourth-order valence-electron chi connectivity index (χ4n) is 1.98. The molecule has 0 radical (unpaired) electrons. The van der Waals surface area contributed by atoms with Crippen LogP contribution in [0.25, 0.3) is 11.4 Å². The maximum atomic E-state index is 11.8. The number of carbonyl (C=O) groups is 2. The van der Waals surface area contributed by atoms with Gasteiger partial charge < -0.3 is 19.3 Å². The van der Waals surface area contributed by atoms with Crippen molar-refractivity contribution in [1.82, 2.24) is 15.5 Å². The molecule has 8 nitrogen and oxygen atoms in total. The maximum Gasteiger partial charge on any atom is 0.408 e. The summed E-state index contributed by atoms with van der Waals surface area (Å²) in [4.78, 5) is 27.7. The van der Waals surface area contributed by atoms with Crippen LogP contribution in [0.15, 0.2) is 28.8 Å². The monoisotopic (exact) mass is 347 g/mol. The highest BCUT2D eigenvalue weighted by molar-refractivity contribution is 5.90. The van der Waals surface area contributed by atoms with Crippen molar-refractivity contribution in [3.8, 4) is 11.4 Å². The molecule has 0 saturated heterocycles. The van der Waals surface area contributed by atoms with Crippen LogP contribution in [0.4, 0.5) is 4.79 Å². The topological polar surface area (TPSA) is 104 Å². The number of rotatable bonds is 4. The fraction of sp³-hybridized carbons (Fsp3) is 0.412. The van der Waals surface area contributed by atoms with Gasteiger partial charge >= 0.3 is 12.1 Å². The van der Waals surface area contributed by atoms with Crippen molar-refractivity contribution in [2.45, 2.75) is 39.3 Å². The number of methoxy groups -OCH3 is 1. The maximum absolute atomic E-state index is 11.8. The molecular formula is C17H21N3O5. The van der Waals surface area contributed by atoms with E-state index in [-0.39, 0.29) is 5.89 Å². The van der Waals surface area contributed by atoms with Crippen LogP contribution in [0.2, 0.25) is 0 Å². The fourth-order valence-corrected chi connectivity index (χ4v) is 1.98. The van der Waals surface area contributed by atoms with E-state index in [2.05, 4.69) is 20.2 Å². The third-order valence-corrected chi connectivity index (χ3v) is 3.09. The summed E-state index contributed by atoms with van der Waals surface area (Å²) >= 11 is 0. The van der Waals surface area contributed by atoms with Crippen LogP contribution in [0.5, 0.6) is 0 Å². The summed E-state index contributed by atoms with van der Waals surface area (Å²) in [7, 11) is 1.31. The second-order valence-electron chi connectivity index (χ2n) is 6.40. The first-order valence-electron chi connectivity index (χ1n) is 7.71. The SMILES string of the molecule is COC(=O)c1cccc(-c2noc(C(C)NC(=O)OC(C)(C)C)n2)c1. The van der Waals surface area contributed by atoms with Gasteiger partial charge in [0.15, 0.2) is 0 Å². The number of hydrogen-bond donors (Lipinski definition) is 1. The number of benzene rings is 1. The van der Waals surface area contributed by atoms with E-state index >= 15 is 0 Å². The second kappa shape index (κ2) is 7.33. The minimum atomic E-state index is -0.599. The zero-order valence-corrected chi connectivity index (χ0v) is 14.8. The second-order valence-corrected chi connectivity index (χ2v) is 6.40. The molecule has 2 aromatic rings. The Morgan fingerprint density at radius 3 is 2.64 bits per heavy atom. The summed E-state index contributed by atoms with van der Waals surface area (Å²) in [5.74, 6) is 0.0773. The highest BCUT2D eigenvalue weighted by atomic mass is 16.6. The Bertz CT molecular complexity index is 764. The predicted octanol–water partition coefficient (Wildman–Crippen LogP) is 3.11. The van der Waals surface area contributed by atoms with Gasteiger partial charge in [-0.2, -0.15) is 4.98 Å². The molecule has 1 amide bonds. The quantitative estimate of drug-likeness (QED) is 0.847. The van der Waals surface area contributed by atoms with Gasteiger partial charge in [0.2, 0.25) is 11.7 Å². The minimum absolute atomic E-state index is 0.226. The Morgan fingerprint density at radius 1 is 1.28 bits per heavy atom. The Balaban J connectivity index is 2.12. The molecule has 0 bridgehead atoms. The van der Waals surface area contributed by atoms with Crippen molar-refractivity contribution >= 4 is 12.1 Å². The Morgan fingerprint density at radius 2 is 2.00 bits per heavy atom. The Kier molecular flexibility index (Phi) is 5.41. The van der Waals surface area contributed by atoms with E-state index in [4.69, 9.17) is 9.26 Å². The molecule has 0 spiro atoms. The molecule has 1 atom stereocenters. The first kappa shape index (κ1) is 18.4. The van der Waals surface area contributed by atoms with E-state index in [1.54, 1.807) is 52.0 Å². The smallest absolute Gasteiger partial charge is 0.408 e. The molecule has 0 fully saturated rings. The Labute approximate surface area is 145 Å². The molecule has 1 heterocycles. The van der Waals surface area contributed by atoms with Gasteiger partial charge in [0.05, 0.1) is 12.7 Å². The molecule has 134 valence electrons. The van der Waals surface area contributed by atoms with Crippen LogP contribution in [-0.2, 0) is 9.47 Å². The van der Waals surface area contributed by atoms with Gasteiger partial charge in [-0.15, -0.1) is 0 Å². The van der Waals surface area contributed by atoms with Crippen molar-refractivity contribution in [3.63, 3.8) is 0 Å². The van der Waals surface area contributed by atoms with Crippen molar-refractivity contribution in [2.24, 2.45) is 0 Å². The number of nitrogens with one attached hydrogen (secondary N) is 1. The van der Waals surface area contributed by atoms with E-state index < -0.39 is 23.7 Å². The average molecular weight is 347 g/mol.